The van der Waals surface area contributed by atoms with Crippen LogP contribution in [0.2, 0.25) is 0 Å². The van der Waals surface area contributed by atoms with Crippen molar-refractivity contribution in [1.29, 1.82) is 0 Å². The molecule has 3 nitrogen and oxygen atoms in total. The third-order valence-corrected chi connectivity index (χ3v) is 1.49. The second-order valence-corrected chi connectivity index (χ2v) is 2.63. The van der Waals surface area contributed by atoms with Gasteiger partial charge in [0, 0.05) is 6.42 Å². The molecule has 0 heterocycles. The second kappa shape index (κ2) is 6.86. The van der Waals surface area contributed by atoms with Crippen molar-refractivity contribution in [3.05, 3.63) is 49.1 Å². The van der Waals surface area contributed by atoms with Crippen LogP contribution in [-0.2, 0) is 4.79 Å². The summed E-state index contributed by atoms with van der Waals surface area (Å²) in [4.78, 5) is 10.4. The van der Waals surface area contributed by atoms with Gasteiger partial charge in [-0.15, -0.1) is 0 Å². The molecule has 0 aliphatic rings. The molecule has 0 radical (unpaired) electrons. The molecule has 1 atom stereocenters. The number of aliphatic carboxylic acids is 1. The van der Waals surface area contributed by atoms with Gasteiger partial charge in [0.25, 0.3) is 0 Å². The Morgan fingerprint density at radius 2 is 2.00 bits per heavy atom. The zero-order chi connectivity index (χ0) is 11.0. The van der Waals surface area contributed by atoms with E-state index in [0.717, 1.165) is 0 Å². The molecule has 0 aliphatic carbocycles. The van der Waals surface area contributed by atoms with Gasteiger partial charge in [0.15, 0.2) is 6.10 Å². The molecule has 14 heavy (non-hydrogen) atoms. The maximum atomic E-state index is 10.4. The van der Waals surface area contributed by atoms with Crippen LogP contribution < -0.4 is 0 Å². The van der Waals surface area contributed by atoms with Crippen molar-refractivity contribution in [3.63, 3.8) is 0 Å². The van der Waals surface area contributed by atoms with E-state index in [2.05, 4.69) is 13.2 Å². The first-order valence-electron chi connectivity index (χ1n) is 4.13. The van der Waals surface area contributed by atoms with Crippen LogP contribution in [0.1, 0.15) is 6.42 Å². The quantitative estimate of drug-likeness (QED) is 0.632. The summed E-state index contributed by atoms with van der Waals surface area (Å²) in [5, 5.41) is 17.6. The molecule has 0 amide bonds. The average molecular weight is 194 g/mol. The standard InChI is InChI=1S/C11H14O3/c1-3-5-7-9(6-4-2)8-10(12)11(13)14/h3-7,10,12H,1-2,8H2,(H,13,14)/b7-5-,9-6+. The molecule has 0 aliphatic heterocycles. The Balaban J connectivity index is 4.45. The van der Waals surface area contributed by atoms with Crippen molar-refractivity contribution >= 4 is 5.97 Å². The van der Waals surface area contributed by atoms with E-state index in [9.17, 15) is 4.79 Å². The Morgan fingerprint density at radius 3 is 2.43 bits per heavy atom. The smallest absolute Gasteiger partial charge is 0.332 e. The maximum Gasteiger partial charge on any atom is 0.332 e. The molecule has 1 unspecified atom stereocenters. The van der Waals surface area contributed by atoms with E-state index in [-0.39, 0.29) is 6.42 Å². The summed E-state index contributed by atoms with van der Waals surface area (Å²) in [6.07, 6.45) is 6.79. The van der Waals surface area contributed by atoms with Crippen molar-refractivity contribution in [2.24, 2.45) is 0 Å². The van der Waals surface area contributed by atoms with Crippen LogP contribution >= 0.6 is 0 Å². The topological polar surface area (TPSA) is 57.5 Å². The predicted molar refractivity (Wildman–Crippen MR) is 55.9 cm³/mol. The molecule has 0 fully saturated rings. The molecule has 0 saturated heterocycles. The fraction of sp³-hybridized carbons (Fsp3) is 0.182. The molecule has 0 bridgehead atoms. The van der Waals surface area contributed by atoms with E-state index in [1.807, 2.05) is 0 Å². The van der Waals surface area contributed by atoms with Crippen LogP contribution in [-0.4, -0.2) is 22.3 Å². The first-order chi connectivity index (χ1) is 6.61. The van der Waals surface area contributed by atoms with Crippen LogP contribution in [0.25, 0.3) is 0 Å². The lowest BCUT2D eigenvalue weighted by molar-refractivity contribution is -0.146. The fourth-order valence-electron chi connectivity index (χ4n) is 0.845. The number of allylic oxidation sites excluding steroid dienone is 5. The van der Waals surface area contributed by atoms with Gasteiger partial charge in [-0.3, -0.25) is 0 Å². The van der Waals surface area contributed by atoms with Gasteiger partial charge in [-0.05, 0) is 5.57 Å². The van der Waals surface area contributed by atoms with E-state index >= 15 is 0 Å². The molecule has 0 aromatic rings. The number of aliphatic hydroxyl groups is 1. The number of carboxylic acid groups (broad SMARTS) is 1. The average Bonchev–Trinajstić information content (AvgIpc) is 2.14. The molecule has 0 rings (SSSR count). The largest absolute Gasteiger partial charge is 0.479 e. The highest BCUT2D eigenvalue weighted by atomic mass is 16.4. The lowest BCUT2D eigenvalue weighted by Crippen LogP contribution is -2.19. The lowest BCUT2D eigenvalue weighted by atomic mass is 10.1. The molecule has 2 N–H and O–H groups in total. The van der Waals surface area contributed by atoms with Gasteiger partial charge >= 0.3 is 5.97 Å². The van der Waals surface area contributed by atoms with E-state index in [1.54, 1.807) is 24.3 Å². The van der Waals surface area contributed by atoms with E-state index in [1.165, 1.54) is 6.08 Å². The van der Waals surface area contributed by atoms with Crippen molar-refractivity contribution in [2.45, 2.75) is 12.5 Å². The Morgan fingerprint density at radius 1 is 1.36 bits per heavy atom. The minimum absolute atomic E-state index is 0.0612. The van der Waals surface area contributed by atoms with Gasteiger partial charge in [-0.2, -0.15) is 0 Å². The molecule has 3 heteroatoms. The van der Waals surface area contributed by atoms with Gasteiger partial charge < -0.3 is 10.2 Å². The first kappa shape index (κ1) is 12.4. The summed E-state index contributed by atoms with van der Waals surface area (Å²) in [6.45, 7) is 6.98. The highest BCUT2D eigenvalue weighted by molar-refractivity contribution is 5.72. The Kier molecular flexibility index (Phi) is 6.07. The highest BCUT2D eigenvalue weighted by Gasteiger charge is 2.13. The Labute approximate surface area is 83.4 Å². The summed E-state index contributed by atoms with van der Waals surface area (Å²) in [5.41, 5.74) is 0.690. The van der Waals surface area contributed by atoms with Crippen molar-refractivity contribution in [3.8, 4) is 0 Å². The fourth-order valence-corrected chi connectivity index (χ4v) is 0.845. The number of hydrogen-bond acceptors (Lipinski definition) is 2. The first-order valence-corrected chi connectivity index (χ1v) is 4.13. The molecular formula is C11H14O3. The second-order valence-electron chi connectivity index (χ2n) is 2.63. The molecule has 76 valence electrons. The van der Waals surface area contributed by atoms with Crippen molar-refractivity contribution in [1.82, 2.24) is 0 Å². The third-order valence-electron chi connectivity index (χ3n) is 1.49. The monoisotopic (exact) mass is 194 g/mol. The zero-order valence-corrected chi connectivity index (χ0v) is 7.89. The SMILES string of the molecule is C=C/C=C\C(=C/C=C)CC(O)C(=O)O. The predicted octanol–water partition coefficient (Wildman–Crippen LogP) is 1.68. The third kappa shape index (κ3) is 5.11. The van der Waals surface area contributed by atoms with Crippen LogP contribution in [0.15, 0.2) is 49.1 Å². The lowest BCUT2D eigenvalue weighted by Gasteiger charge is -2.05. The van der Waals surface area contributed by atoms with Crippen LogP contribution in [0.3, 0.4) is 0 Å². The van der Waals surface area contributed by atoms with E-state index in [4.69, 9.17) is 10.2 Å². The Bertz CT molecular complexity index is 274. The minimum Gasteiger partial charge on any atom is -0.479 e. The number of hydrogen-bond donors (Lipinski definition) is 2. The number of rotatable bonds is 6. The number of aliphatic hydroxyl groups excluding tert-OH is 1. The number of carboxylic acids is 1. The molecule has 0 aromatic heterocycles. The Hall–Kier alpha value is -1.61. The summed E-state index contributed by atoms with van der Waals surface area (Å²) < 4.78 is 0. The van der Waals surface area contributed by atoms with Crippen molar-refractivity contribution in [2.75, 3.05) is 0 Å². The minimum atomic E-state index is -1.38. The van der Waals surface area contributed by atoms with E-state index < -0.39 is 12.1 Å². The van der Waals surface area contributed by atoms with Crippen LogP contribution in [0.4, 0.5) is 0 Å². The highest BCUT2D eigenvalue weighted by Crippen LogP contribution is 2.08. The molecule has 0 saturated carbocycles. The van der Waals surface area contributed by atoms with Gasteiger partial charge in [0.1, 0.15) is 0 Å². The van der Waals surface area contributed by atoms with Gasteiger partial charge in [0.05, 0.1) is 0 Å². The summed E-state index contributed by atoms with van der Waals surface area (Å²) >= 11 is 0. The normalized spacial score (nSPS) is 13.9. The molecule has 0 spiro atoms. The summed E-state index contributed by atoms with van der Waals surface area (Å²) in [5.74, 6) is -1.23. The summed E-state index contributed by atoms with van der Waals surface area (Å²) in [6, 6.07) is 0. The van der Waals surface area contributed by atoms with Gasteiger partial charge in [-0.25, -0.2) is 4.79 Å². The van der Waals surface area contributed by atoms with Crippen molar-refractivity contribution < 1.29 is 15.0 Å². The van der Waals surface area contributed by atoms with Crippen LogP contribution in [0, 0.1) is 0 Å². The summed E-state index contributed by atoms with van der Waals surface area (Å²) in [7, 11) is 0. The van der Waals surface area contributed by atoms with E-state index in [0.29, 0.717) is 5.57 Å². The van der Waals surface area contributed by atoms with Crippen LogP contribution in [0.5, 0.6) is 0 Å². The zero-order valence-electron chi connectivity index (χ0n) is 7.89. The maximum absolute atomic E-state index is 10.4. The molecule has 0 aromatic carbocycles. The van der Waals surface area contributed by atoms with Gasteiger partial charge in [-0.1, -0.05) is 43.5 Å². The number of carbonyl (C=O) groups is 1. The molecular weight excluding hydrogens is 180 g/mol. The van der Waals surface area contributed by atoms with Gasteiger partial charge in [0.2, 0.25) is 0 Å².